The van der Waals surface area contributed by atoms with E-state index in [1.807, 2.05) is 6.08 Å². The molecule has 4 heteroatoms. The molecule has 0 spiro atoms. The third kappa shape index (κ3) is 37.3. The smallest absolute Gasteiger partial charge is 0.306 e. The van der Waals surface area contributed by atoms with Gasteiger partial charge in [-0.1, -0.05) is 167 Å². The lowest BCUT2D eigenvalue weighted by Crippen LogP contribution is -2.12. The molecule has 1 unspecified atom stereocenters. The fourth-order valence-electron chi connectivity index (χ4n) is 6.16. The van der Waals surface area contributed by atoms with Crippen molar-refractivity contribution in [1.29, 1.82) is 0 Å². The van der Waals surface area contributed by atoms with Crippen molar-refractivity contribution < 1.29 is 14.3 Å². The molecule has 0 aliphatic carbocycles. The number of carbonyl (C=O) groups is 1. The standard InChI is InChI=1S/C42H81NO3/c1-5-7-9-11-14-21-30-38-45-39-31-22-16-13-18-25-33-41(35-27-24-29-37-43(3)4)34-26-19-17-20-28-36-42(44)46-40-32-23-15-12-10-8-6-2/h21,23,30,32,41H,5-20,22,24-29,31,33-40H2,1-4H3/b30-21+,32-23+. The van der Waals surface area contributed by atoms with Crippen LogP contribution in [0.2, 0.25) is 0 Å². The van der Waals surface area contributed by atoms with E-state index in [4.69, 9.17) is 9.47 Å². The number of carbonyl (C=O) groups excluding carboxylic acids is 1. The van der Waals surface area contributed by atoms with Crippen molar-refractivity contribution in [1.82, 2.24) is 4.90 Å². The van der Waals surface area contributed by atoms with Gasteiger partial charge in [0, 0.05) is 13.0 Å². The fraction of sp³-hybridized carbons (Fsp3) is 0.881. The molecule has 0 aromatic rings. The molecule has 272 valence electrons. The van der Waals surface area contributed by atoms with Crippen LogP contribution in [0.3, 0.4) is 0 Å². The Morgan fingerprint density at radius 3 is 1.59 bits per heavy atom. The van der Waals surface area contributed by atoms with Gasteiger partial charge >= 0.3 is 5.97 Å². The molecule has 0 saturated carbocycles. The van der Waals surface area contributed by atoms with E-state index in [1.165, 1.54) is 161 Å². The van der Waals surface area contributed by atoms with Crippen LogP contribution < -0.4 is 0 Å². The van der Waals surface area contributed by atoms with Gasteiger partial charge in [0.1, 0.15) is 6.61 Å². The van der Waals surface area contributed by atoms with Gasteiger partial charge in [-0.3, -0.25) is 4.79 Å². The summed E-state index contributed by atoms with van der Waals surface area (Å²) in [6.07, 6.45) is 44.4. The molecule has 0 fully saturated rings. The van der Waals surface area contributed by atoms with Gasteiger partial charge in [-0.05, 0) is 71.5 Å². The monoisotopic (exact) mass is 648 g/mol. The second-order valence-corrected chi connectivity index (χ2v) is 14.1. The normalized spacial score (nSPS) is 12.6. The molecule has 46 heavy (non-hydrogen) atoms. The molecule has 0 aromatic carbocycles. The molecule has 0 rings (SSSR count). The first-order valence-corrected chi connectivity index (χ1v) is 20.3. The van der Waals surface area contributed by atoms with E-state index in [9.17, 15) is 4.79 Å². The topological polar surface area (TPSA) is 38.8 Å². The number of unbranched alkanes of at least 4 members (excludes halogenated alkanes) is 19. The van der Waals surface area contributed by atoms with Crippen molar-refractivity contribution >= 4 is 5.97 Å². The van der Waals surface area contributed by atoms with Crippen LogP contribution in [0.1, 0.15) is 194 Å². The summed E-state index contributed by atoms with van der Waals surface area (Å²) in [4.78, 5) is 14.3. The van der Waals surface area contributed by atoms with Crippen LogP contribution in [0, 0.1) is 5.92 Å². The van der Waals surface area contributed by atoms with Gasteiger partial charge in [0.05, 0.1) is 6.61 Å². The average Bonchev–Trinajstić information content (AvgIpc) is 3.04. The third-order valence-electron chi connectivity index (χ3n) is 9.20. The predicted molar refractivity (Wildman–Crippen MR) is 203 cm³/mol. The summed E-state index contributed by atoms with van der Waals surface area (Å²) in [6, 6.07) is 0. The van der Waals surface area contributed by atoms with Gasteiger partial charge < -0.3 is 14.4 Å². The van der Waals surface area contributed by atoms with Gasteiger partial charge in [0.15, 0.2) is 0 Å². The number of ether oxygens (including phenoxy) is 2. The van der Waals surface area contributed by atoms with Gasteiger partial charge in [0.25, 0.3) is 0 Å². The highest BCUT2D eigenvalue weighted by Gasteiger charge is 2.09. The Morgan fingerprint density at radius 1 is 0.543 bits per heavy atom. The van der Waals surface area contributed by atoms with Crippen LogP contribution in [0.25, 0.3) is 0 Å². The van der Waals surface area contributed by atoms with Crippen LogP contribution in [-0.2, 0) is 14.3 Å². The van der Waals surface area contributed by atoms with Crippen LogP contribution >= 0.6 is 0 Å². The maximum absolute atomic E-state index is 12.0. The second kappa shape index (κ2) is 38.3. The van der Waals surface area contributed by atoms with Crippen LogP contribution in [-0.4, -0.2) is 51.3 Å². The van der Waals surface area contributed by atoms with Gasteiger partial charge in [-0.25, -0.2) is 0 Å². The lowest BCUT2D eigenvalue weighted by molar-refractivity contribution is -0.142. The Balaban J connectivity index is 3.89. The Hall–Kier alpha value is -1.13. The summed E-state index contributed by atoms with van der Waals surface area (Å²) in [6.45, 7) is 7.86. The highest BCUT2D eigenvalue weighted by molar-refractivity contribution is 5.69. The number of hydrogen-bond acceptors (Lipinski definition) is 4. The molecule has 1 atom stereocenters. The first kappa shape index (κ1) is 44.9. The summed E-state index contributed by atoms with van der Waals surface area (Å²) < 4.78 is 11.2. The van der Waals surface area contributed by atoms with Gasteiger partial charge in [-0.2, -0.15) is 0 Å². The molecule has 0 amide bonds. The van der Waals surface area contributed by atoms with Crippen molar-refractivity contribution in [2.75, 3.05) is 40.5 Å². The quantitative estimate of drug-likeness (QED) is 0.0382. The SMILES string of the molecule is CCCCCC/C=C/COCCCCCCCCC(CCCCCCCC(=O)OC/C=C/CCCCCC)CCCCCN(C)C. The molecule has 0 aliphatic heterocycles. The average molecular weight is 648 g/mol. The minimum absolute atomic E-state index is 0.0328. The maximum atomic E-state index is 12.0. The largest absolute Gasteiger partial charge is 0.461 e. The van der Waals surface area contributed by atoms with Crippen molar-refractivity contribution in [3.8, 4) is 0 Å². The Kier molecular flexibility index (Phi) is 37.4. The number of nitrogens with zero attached hydrogens (tertiary/aromatic N) is 1. The lowest BCUT2D eigenvalue weighted by Gasteiger charge is -2.17. The van der Waals surface area contributed by atoms with E-state index >= 15 is 0 Å². The first-order chi connectivity index (χ1) is 22.6. The van der Waals surface area contributed by atoms with E-state index in [0.29, 0.717) is 13.0 Å². The molecule has 0 N–H and O–H groups in total. The van der Waals surface area contributed by atoms with Gasteiger partial charge in [0.2, 0.25) is 0 Å². The molecular formula is C42H81NO3. The van der Waals surface area contributed by atoms with Crippen LogP contribution in [0.4, 0.5) is 0 Å². The number of esters is 1. The zero-order chi connectivity index (χ0) is 33.6. The Morgan fingerprint density at radius 2 is 1.02 bits per heavy atom. The number of hydrogen-bond donors (Lipinski definition) is 0. The summed E-state index contributed by atoms with van der Waals surface area (Å²) >= 11 is 0. The van der Waals surface area contributed by atoms with E-state index in [0.717, 1.165) is 38.4 Å². The van der Waals surface area contributed by atoms with Crippen molar-refractivity contribution in [3.63, 3.8) is 0 Å². The lowest BCUT2D eigenvalue weighted by atomic mass is 9.89. The zero-order valence-electron chi connectivity index (χ0n) is 31.7. The Bertz CT molecular complexity index is 659. The zero-order valence-corrected chi connectivity index (χ0v) is 31.7. The van der Waals surface area contributed by atoms with E-state index in [2.05, 4.69) is 51.1 Å². The molecule has 0 aromatic heterocycles. The van der Waals surface area contributed by atoms with E-state index in [1.54, 1.807) is 0 Å². The molecule has 0 bridgehead atoms. The summed E-state index contributed by atoms with van der Waals surface area (Å²) in [5.74, 6) is 0.872. The van der Waals surface area contributed by atoms with Crippen LogP contribution in [0.15, 0.2) is 24.3 Å². The highest BCUT2D eigenvalue weighted by atomic mass is 16.5. The molecule has 0 radical (unpaired) electrons. The first-order valence-electron chi connectivity index (χ1n) is 20.3. The molecule has 4 nitrogen and oxygen atoms in total. The third-order valence-corrected chi connectivity index (χ3v) is 9.20. The molecule has 0 aliphatic rings. The summed E-state index contributed by atoms with van der Waals surface area (Å²) in [5, 5.41) is 0. The second-order valence-electron chi connectivity index (χ2n) is 14.1. The Labute approximate surface area is 288 Å². The van der Waals surface area contributed by atoms with Gasteiger partial charge in [-0.15, -0.1) is 0 Å². The predicted octanol–water partition coefficient (Wildman–Crippen LogP) is 12.8. The minimum atomic E-state index is -0.0328. The van der Waals surface area contributed by atoms with Crippen LogP contribution in [0.5, 0.6) is 0 Å². The molecular weight excluding hydrogens is 566 g/mol. The van der Waals surface area contributed by atoms with Crippen molar-refractivity contribution in [2.24, 2.45) is 5.92 Å². The molecule has 0 heterocycles. The van der Waals surface area contributed by atoms with E-state index in [-0.39, 0.29) is 5.97 Å². The highest BCUT2D eigenvalue weighted by Crippen LogP contribution is 2.24. The molecule has 0 saturated heterocycles. The van der Waals surface area contributed by atoms with Crippen molar-refractivity contribution in [2.45, 2.75) is 194 Å². The number of allylic oxidation sites excluding steroid dienone is 2. The fourth-order valence-corrected chi connectivity index (χ4v) is 6.16. The van der Waals surface area contributed by atoms with E-state index < -0.39 is 0 Å². The van der Waals surface area contributed by atoms with Crippen molar-refractivity contribution in [3.05, 3.63) is 24.3 Å². The maximum Gasteiger partial charge on any atom is 0.306 e. The minimum Gasteiger partial charge on any atom is -0.461 e. The summed E-state index contributed by atoms with van der Waals surface area (Å²) in [7, 11) is 4.37. The summed E-state index contributed by atoms with van der Waals surface area (Å²) in [5.41, 5.74) is 0. The number of rotatable bonds is 37.